The summed E-state index contributed by atoms with van der Waals surface area (Å²) in [5, 5.41) is 3.95. The summed E-state index contributed by atoms with van der Waals surface area (Å²) in [6, 6.07) is 14.7. The van der Waals surface area contributed by atoms with Gasteiger partial charge in [0, 0.05) is 10.7 Å². The zero-order valence-electron chi connectivity index (χ0n) is 12.5. The zero-order chi connectivity index (χ0) is 15.9. The number of esters is 1. The summed E-state index contributed by atoms with van der Waals surface area (Å²) in [7, 11) is 3.00. The molecule has 1 atom stereocenters. The van der Waals surface area contributed by atoms with Gasteiger partial charge in [0.15, 0.2) is 0 Å². The monoisotopic (exact) mass is 319 g/mol. The molecule has 0 aliphatic heterocycles. The van der Waals surface area contributed by atoms with Gasteiger partial charge in [-0.05, 0) is 42.0 Å². The highest BCUT2D eigenvalue weighted by atomic mass is 35.5. The molecule has 0 saturated heterocycles. The van der Waals surface area contributed by atoms with Crippen LogP contribution in [0, 0.1) is 0 Å². The maximum atomic E-state index is 11.7. The molecule has 116 valence electrons. The minimum Gasteiger partial charge on any atom is -0.497 e. The first-order valence-corrected chi connectivity index (χ1v) is 7.23. The molecule has 0 aliphatic carbocycles. The van der Waals surface area contributed by atoms with Gasteiger partial charge < -0.3 is 14.8 Å². The van der Waals surface area contributed by atoms with Crippen LogP contribution >= 0.6 is 11.6 Å². The Morgan fingerprint density at radius 1 is 1.18 bits per heavy atom. The van der Waals surface area contributed by atoms with Crippen LogP contribution in [0.1, 0.15) is 18.0 Å². The Morgan fingerprint density at radius 2 is 1.91 bits per heavy atom. The van der Waals surface area contributed by atoms with Gasteiger partial charge in [-0.25, -0.2) is 0 Å². The third-order valence-corrected chi connectivity index (χ3v) is 3.52. The molecule has 0 amide bonds. The lowest BCUT2D eigenvalue weighted by molar-refractivity contribution is -0.140. The van der Waals surface area contributed by atoms with Crippen molar-refractivity contribution in [2.75, 3.05) is 19.5 Å². The average Bonchev–Trinajstić information content (AvgIpc) is 2.54. The maximum absolute atomic E-state index is 11.7. The van der Waals surface area contributed by atoms with E-state index in [9.17, 15) is 4.79 Å². The first-order chi connectivity index (χ1) is 10.6. The van der Waals surface area contributed by atoms with E-state index in [2.05, 4.69) is 5.32 Å². The number of rotatable bonds is 6. The molecule has 1 N–H and O–H groups in total. The highest BCUT2D eigenvalue weighted by Crippen LogP contribution is 2.26. The number of ether oxygens (including phenoxy) is 2. The Labute approximate surface area is 135 Å². The van der Waals surface area contributed by atoms with Crippen LogP contribution < -0.4 is 10.1 Å². The summed E-state index contributed by atoms with van der Waals surface area (Å²) in [5.41, 5.74) is 1.81. The molecule has 5 heteroatoms. The second-order valence-corrected chi connectivity index (χ2v) is 5.20. The first-order valence-electron chi connectivity index (χ1n) is 6.85. The fourth-order valence-electron chi connectivity index (χ4n) is 2.11. The van der Waals surface area contributed by atoms with Gasteiger partial charge in [-0.2, -0.15) is 0 Å². The van der Waals surface area contributed by atoms with Crippen LogP contribution in [0.2, 0.25) is 5.02 Å². The van der Waals surface area contributed by atoms with Gasteiger partial charge in [-0.1, -0.05) is 23.7 Å². The highest BCUT2D eigenvalue weighted by molar-refractivity contribution is 6.30. The molecule has 0 saturated carbocycles. The minimum absolute atomic E-state index is 0.211. The molecule has 0 unspecified atom stereocenters. The quantitative estimate of drug-likeness (QED) is 0.815. The molecule has 0 bridgehead atoms. The van der Waals surface area contributed by atoms with Crippen LogP contribution in [0.4, 0.5) is 5.69 Å². The van der Waals surface area contributed by atoms with Crippen LogP contribution in [-0.2, 0) is 9.53 Å². The van der Waals surface area contributed by atoms with Crippen LogP contribution in [0.25, 0.3) is 0 Å². The molecule has 0 spiro atoms. The predicted molar refractivity (Wildman–Crippen MR) is 87.4 cm³/mol. The van der Waals surface area contributed by atoms with Crippen molar-refractivity contribution < 1.29 is 14.3 Å². The molecular weight excluding hydrogens is 302 g/mol. The zero-order valence-corrected chi connectivity index (χ0v) is 13.3. The molecule has 2 rings (SSSR count). The number of hydrogen-bond acceptors (Lipinski definition) is 4. The molecule has 0 radical (unpaired) electrons. The molecule has 4 nitrogen and oxygen atoms in total. The van der Waals surface area contributed by atoms with Crippen molar-refractivity contribution in [2.45, 2.75) is 12.5 Å². The van der Waals surface area contributed by atoms with Crippen molar-refractivity contribution >= 4 is 23.3 Å². The Bertz CT molecular complexity index is 628. The summed E-state index contributed by atoms with van der Waals surface area (Å²) in [5.74, 6) is 0.490. The number of halogens is 1. The van der Waals surface area contributed by atoms with E-state index in [0.29, 0.717) is 5.02 Å². The lowest BCUT2D eigenvalue weighted by Gasteiger charge is -2.20. The third-order valence-electron chi connectivity index (χ3n) is 3.28. The van der Waals surface area contributed by atoms with Gasteiger partial charge in [-0.3, -0.25) is 4.79 Å². The maximum Gasteiger partial charge on any atom is 0.307 e. The van der Waals surface area contributed by atoms with Gasteiger partial charge in [0.25, 0.3) is 0 Å². The molecule has 2 aromatic rings. The van der Waals surface area contributed by atoms with Crippen molar-refractivity contribution in [1.29, 1.82) is 0 Å². The summed E-state index contributed by atoms with van der Waals surface area (Å²) in [6.07, 6.45) is 0.211. The van der Waals surface area contributed by atoms with E-state index in [0.717, 1.165) is 17.0 Å². The second kappa shape index (κ2) is 7.71. The number of carbonyl (C=O) groups excluding carboxylic acids is 1. The molecule has 0 aromatic heterocycles. The van der Waals surface area contributed by atoms with Crippen LogP contribution in [0.15, 0.2) is 48.5 Å². The number of nitrogens with one attached hydrogen (secondary N) is 1. The summed E-state index contributed by atoms with van der Waals surface area (Å²) >= 11 is 6.04. The van der Waals surface area contributed by atoms with E-state index in [4.69, 9.17) is 21.1 Å². The highest BCUT2D eigenvalue weighted by Gasteiger charge is 2.17. The van der Waals surface area contributed by atoms with Gasteiger partial charge >= 0.3 is 5.97 Å². The molecule has 0 heterocycles. The smallest absolute Gasteiger partial charge is 0.307 e. The fourth-order valence-corrected chi connectivity index (χ4v) is 2.31. The van der Waals surface area contributed by atoms with E-state index in [1.807, 2.05) is 42.5 Å². The van der Waals surface area contributed by atoms with Crippen molar-refractivity contribution in [3.63, 3.8) is 0 Å². The number of anilines is 1. The molecular formula is C17H18ClNO3. The molecule has 0 aliphatic rings. The van der Waals surface area contributed by atoms with E-state index >= 15 is 0 Å². The SMILES string of the molecule is COC(=O)C[C@@H](Nc1ccc(OC)cc1)c1cccc(Cl)c1. The van der Waals surface area contributed by atoms with Crippen molar-refractivity contribution in [1.82, 2.24) is 0 Å². The van der Waals surface area contributed by atoms with Crippen LogP contribution in [0.3, 0.4) is 0 Å². The fraction of sp³-hybridized carbons (Fsp3) is 0.235. The van der Waals surface area contributed by atoms with Crippen LogP contribution in [0.5, 0.6) is 5.75 Å². The summed E-state index contributed by atoms with van der Waals surface area (Å²) < 4.78 is 9.91. The molecule has 0 fully saturated rings. The van der Waals surface area contributed by atoms with Crippen LogP contribution in [-0.4, -0.2) is 20.2 Å². The molecule has 2 aromatic carbocycles. The molecule has 22 heavy (non-hydrogen) atoms. The lowest BCUT2D eigenvalue weighted by Crippen LogP contribution is -2.16. The van der Waals surface area contributed by atoms with Gasteiger partial charge in [0.2, 0.25) is 0 Å². The predicted octanol–water partition coefficient (Wildman–Crippen LogP) is 4.06. The largest absolute Gasteiger partial charge is 0.497 e. The topological polar surface area (TPSA) is 47.6 Å². The van der Waals surface area contributed by atoms with E-state index in [-0.39, 0.29) is 18.4 Å². The number of benzene rings is 2. The van der Waals surface area contributed by atoms with E-state index in [1.165, 1.54) is 7.11 Å². The van der Waals surface area contributed by atoms with Crippen molar-refractivity contribution in [3.8, 4) is 5.75 Å². The Balaban J connectivity index is 2.21. The van der Waals surface area contributed by atoms with Gasteiger partial charge in [0.1, 0.15) is 5.75 Å². The van der Waals surface area contributed by atoms with Crippen molar-refractivity contribution in [3.05, 3.63) is 59.1 Å². The van der Waals surface area contributed by atoms with Crippen molar-refractivity contribution in [2.24, 2.45) is 0 Å². The average molecular weight is 320 g/mol. The normalized spacial score (nSPS) is 11.6. The lowest BCUT2D eigenvalue weighted by atomic mass is 10.0. The van der Waals surface area contributed by atoms with Gasteiger partial charge in [-0.15, -0.1) is 0 Å². The summed E-state index contributed by atoms with van der Waals surface area (Å²) in [4.78, 5) is 11.7. The van der Waals surface area contributed by atoms with E-state index < -0.39 is 0 Å². The number of methoxy groups -OCH3 is 2. The third kappa shape index (κ3) is 4.40. The Kier molecular flexibility index (Phi) is 5.67. The summed E-state index contributed by atoms with van der Waals surface area (Å²) in [6.45, 7) is 0. The minimum atomic E-state index is -0.286. The second-order valence-electron chi connectivity index (χ2n) is 4.76. The first kappa shape index (κ1) is 16.2. The Hall–Kier alpha value is -2.20. The number of hydrogen-bond donors (Lipinski definition) is 1. The number of carbonyl (C=O) groups is 1. The standard InChI is InChI=1S/C17H18ClNO3/c1-21-15-8-6-14(7-9-15)19-16(11-17(20)22-2)12-4-3-5-13(18)10-12/h3-10,16,19H,11H2,1-2H3/t16-/m1/s1. The van der Waals surface area contributed by atoms with Gasteiger partial charge in [0.05, 0.1) is 26.7 Å². The Morgan fingerprint density at radius 3 is 2.50 bits per heavy atom. The van der Waals surface area contributed by atoms with E-state index in [1.54, 1.807) is 13.2 Å².